The van der Waals surface area contributed by atoms with Crippen LogP contribution in [0.3, 0.4) is 0 Å². The van der Waals surface area contributed by atoms with Crippen molar-refractivity contribution in [3.63, 3.8) is 0 Å². The Labute approximate surface area is 92.6 Å². The largest absolute Gasteiger partial charge is 0.480 e. The molecule has 84 valence electrons. The summed E-state index contributed by atoms with van der Waals surface area (Å²) in [6.45, 7) is 1.79. The van der Waals surface area contributed by atoms with Gasteiger partial charge in [-0.15, -0.1) is 0 Å². The molecule has 0 unspecified atom stereocenters. The minimum absolute atomic E-state index is 0.161. The van der Waals surface area contributed by atoms with Crippen molar-refractivity contribution in [2.24, 2.45) is 7.05 Å². The molecule has 6 heteroatoms. The second-order valence-corrected chi connectivity index (χ2v) is 3.45. The summed E-state index contributed by atoms with van der Waals surface area (Å²) in [6, 6.07) is 0. The highest BCUT2D eigenvalue weighted by atomic mass is 35.5. The Kier molecular flexibility index (Phi) is 4.11. The van der Waals surface area contributed by atoms with Gasteiger partial charge in [0.05, 0.1) is 23.0 Å². The highest BCUT2D eigenvalue weighted by molar-refractivity contribution is 6.31. The summed E-state index contributed by atoms with van der Waals surface area (Å²) in [4.78, 5) is 10.2. The van der Waals surface area contributed by atoms with E-state index in [1.54, 1.807) is 11.7 Å². The lowest BCUT2D eigenvalue weighted by Gasteiger charge is -2.02. The van der Waals surface area contributed by atoms with Gasteiger partial charge in [-0.1, -0.05) is 18.5 Å². The zero-order chi connectivity index (χ0) is 11.4. The molecule has 1 aromatic heterocycles. The Bertz CT molecular complexity index is 362. The Morgan fingerprint density at radius 2 is 2.33 bits per heavy atom. The number of halogens is 1. The van der Waals surface area contributed by atoms with E-state index >= 15 is 0 Å². The highest BCUT2D eigenvalue weighted by Crippen LogP contribution is 2.21. The van der Waals surface area contributed by atoms with Crippen molar-refractivity contribution in [3.8, 4) is 0 Å². The molecule has 0 aliphatic rings. The molecule has 0 amide bonds. The Balaban J connectivity index is 2.68. The smallest absolute Gasteiger partial charge is 0.329 e. The van der Waals surface area contributed by atoms with E-state index in [1.165, 1.54) is 0 Å². The van der Waals surface area contributed by atoms with E-state index in [-0.39, 0.29) is 13.2 Å². The van der Waals surface area contributed by atoms with Crippen molar-refractivity contribution in [2.75, 3.05) is 6.61 Å². The van der Waals surface area contributed by atoms with Crippen LogP contribution in [0.5, 0.6) is 0 Å². The van der Waals surface area contributed by atoms with Crippen molar-refractivity contribution in [1.82, 2.24) is 9.78 Å². The van der Waals surface area contributed by atoms with Crippen LogP contribution in [0, 0.1) is 0 Å². The molecule has 0 spiro atoms. The first-order valence-corrected chi connectivity index (χ1v) is 4.93. The number of aryl methyl sites for hydroxylation is 2. The fourth-order valence-electron chi connectivity index (χ4n) is 1.21. The van der Waals surface area contributed by atoms with E-state index in [9.17, 15) is 4.79 Å². The minimum atomic E-state index is -0.996. The molecule has 0 radical (unpaired) electrons. The number of aromatic nitrogens is 2. The number of carboxylic acids is 1. The van der Waals surface area contributed by atoms with Gasteiger partial charge in [0.2, 0.25) is 0 Å². The molecular weight excluding hydrogens is 220 g/mol. The van der Waals surface area contributed by atoms with Crippen LogP contribution in [0.15, 0.2) is 0 Å². The second-order valence-electron chi connectivity index (χ2n) is 3.07. The molecule has 0 aliphatic carbocycles. The van der Waals surface area contributed by atoms with Crippen LogP contribution in [0.25, 0.3) is 0 Å². The lowest BCUT2D eigenvalue weighted by Crippen LogP contribution is -2.09. The van der Waals surface area contributed by atoms with Crippen LogP contribution in [0.4, 0.5) is 0 Å². The molecule has 0 saturated heterocycles. The van der Waals surface area contributed by atoms with Crippen LogP contribution in [0.2, 0.25) is 5.02 Å². The van der Waals surface area contributed by atoms with Gasteiger partial charge in [-0.05, 0) is 6.42 Å². The van der Waals surface area contributed by atoms with Crippen LogP contribution < -0.4 is 0 Å². The van der Waals surface area contributed by atoms with Crippen molar-refractivity contribution >= 4 is 17.6 Å². The number of hydrogen-bond acceptors (Lipinski definition) is 3. The molecule has 0 aromatic carbocycles. The van der Waals surface area contributed by atoms with Crippen molar-refractivity contribution in [3.05, 3.63) is 16.4 Å². The first kappa shape index (κ1) is 12.0. The first-order valence-electron chi connectivity index (χ1n) is 4.56. The number of carbonyl (C=O) groups is 1. The van der Waals surface area contributed by atoms with E-state index in [0.29, 0.717) is 10.7 Å². The van der Waals surface area contributed by atoms with Gasteiger partial charge >= 0.3 is 5.97 Å². The fraction of sp³-hybridized carbons (Fsp3) is 0.556. The maximum Gasteiger partial charge on any atom is 0.329 e. The monoisotopic (exact) mass is 232 g/mol. The molecule has 1 aromatic rings. The van der Waals surface area contributed by atoms with E-state index in [0.717, 1.165) is 12.1 Å². The first-order chi connectivity index (χ1) is 7.06. The Morgan fingerprint density at radius 1 is 1.67 bits per heavy atom. The average Bonchev–Trinajstić information content (AvgIpc) is 2.44. The zero-order valence-electron chi connectivity index (χ0n) is 8.66. The Hall–Kier alpha value is -1.07. The Morgan fingerprint density at radius 3 is 2.80 bits per heavy atom. The van der Waals surface area contributed by atoms with Gasteiger partial charge in [-0.3, -0.25) is 4.68 Å². The molecule has 5 nitrogen and oxygen atoms in total. The number of hydrogen-bond donors (Lipinski definition) is 1. The van der Waals surface area contributed by atoms with E-state index in [2.05, 4.69) is 5.10 Å². The third kappa shape index (κ3) is 2.94. The maximum absolute atomic E-state index is 10.2. The van der Waals surface area contributed by atoms with E-state index in [1.807, 2.05) is 6.92 Å². The van der Waals surface area contributed by atoms with Crippen LogP contribution in [-0.4, -0.2) is 27.5 Å². The SMILES string of the molecule is CCc1nn(C)c(COCC(=O)O)c1Cl. The summed E-state index contributed by atoms with van der Waals surface area (Å²) in [5.74, 6) is -0.996. The van der Waals surface area contributed by atoms with E-state index < -0.39 is 5.97 Å². The van der Waals surface area contributed by atoms with E-state index in [4.69, 9.17) is 21.4 Å². The molecular formula is C9H13ClN2O3. The lowest BCUT2D eigenvalue weighted by molar-refractivity contribution is -0.142. The van der Waals surface area contributed by atoms with Gasteiger partial charge in [-0.25, -0.2) is 4.79 Å². The number of rotatable bonds is 5. The summed E-state index contributed by atoms with van der Waals surface area (Å²) in [7, 11) is 1.75. The summed E-state index contributed by atoms with van der Waals surface area (Å²) in [5.41, 5.74) is 1.50. The fourth-order valence-corrected chi connectivity index (χ4v) is 1.56. The molecule has 15 heavy (non-hydrogen) atoms. The topological polar surface area (TPSA) is 64.4 Å². The van der Waals surface area contributed by atoms with Crippen LogP contribution >= 0.6 is 11.6 Å². The number of aliphatic carboxylic acids is 1. The number of carboxylic acid groups (broad SMARTS) is 1. The van der Waals surface area contributed by atoms with Gasteiger partial charge in [-0.2, -0.15) is 5.10 Å². The molecule has 1 heterocycles. The predicted octanol–water partition coefficient (Wildman–Crippen LogP) is 1.24. The standard InChI is InChI=1S/C9H13ClN2O3/c1-3-6-9(10)7(12(2)11-6)4-15-5-8(13)14/h3-5H2,1-2H3,(H,13,14). The van der Waals surface area contributed by atoms with Gasteiger partial charge in [0.15, 0.2) is 0 Å². The zero-order valence-corrected chi connectivity index (χ0v) is 9.41. The summed E-state index contributed by atoms with van der Waals surface area (Å²) in [6.07, 6.45) is 0.742. The average molecular weight is 233 g/mol. The molecule has 0 atom stereocenters. The van der Waals surface area contributed by atoms with Gasteiger partial charge in [0, 0.05) is 7.05 Å². The summed E-state index contributed by atoms with van der Waals surface area (Å²) < 4.78 is 6.57. The molecule has 0 fully saturated rings. The number of nitrogens with zero attached hydrogens (tertiary/aromatic N) is 2. The second kappa shape index (κ2) is 5.14. The van der Waals surface area contributed by atoms with Crippen molar-refractivity contribution < 1.29 is 14.6 Å². The molecule has 1 N–H and O–H groups in total. The number of ether oxygens (including phenoxy) is 1. The van der Waals surface area contributed by atoms with Crippen molar-refractivity contribution in [2.45, 2.75) is 20.0 Å². The molecule has 0 bridgehead atoms. The summed E-state index contributed by atoms with van der Waals surface area (Å²) >= 11 is 6.03. The van der Waals surface area contributed by atoms with Gasteiger partial charge in [0.25, 0.3) is 0 Å². The molecule has 0 saturated carbocycles. The molecule has 1 rings (SSSR count). The van der Waals surface area contributed by atoms with Gasteiger partial charge < -0.3 is 9.84 Å². The third-order valence-electron chi connectivity index (χ3n) is 1.97. The molecule has 0 aliphatic heterocycles. The van der Waals surface area contributed by atoms with Crippen molar-refractivity contribution in [1.29, 1.82) is 0 Å². The highest BCUT2D eigenvalue weighted by Gasteiger charge is 2.13. The van der Waals surface area contributed by atoms with Crippen LogP contribution in [-0.2, 0) is 29.6 Å². The van der Waals surface area contributed by atoms with Crippen LogP contribution in [0.1, 0.15) is 18.3 Å². The third-order valence-corrected chi connectivity index (χ3v) is 2.40. The quantitative estimate of drug-likeness (QED) is 0.830. The summed E-state index contributed by atoms with van der Waals surface area (Å²) in [5, 5.41) is 13.1. The maximum atomic E-state index is 10.2. The predicted molar refractivity (Wildman–Crippen MR) is 54.9 cm³/mol. The lowest BCUT2D eigenvalue weighted by atomic mass is 10.3. The minimum Gasteiger partial charge on any atom is -0.480 e. The van der Waals surface area contributed by atoms with Gasteiger partial charge in [0.1, 0.15) is 6.61 Å². The normalized spacial score (nSPS) is 10.6.